The van der Waals surface area contributed by atoms with Crippen LogP contribution in [0.5, 0.6) is 0 Å². The van der Waals surface area contributed by atoms with Crippen molar-refractivity contribution in [2.75, 3.05) is 0 Å². The number of imidazole rings is 1. The lowest BCUT2D eigenvalue weighted by Crippen LogP contribution is -2.30. The molecule has 0 saturated carbocycles. The molecule has 0 aliphatic carbocycles. The zero-order valence-electron chi connectivity index (χ0n) is 8.48. The Morgan fingerprint density at radius 1 is 1.50 bits per heavy atom. The molecule has 2 aromatic rings. The number of aryl methyl sites for hydroxylation is 1. The predicted molar refractivity (Wildman–Crippen MR) is 58.6 cm³/mol. The molecule has 0 aliphatic rings. The predicted octanol–water partition coefficient (Wildman–Crippen LogP) is -0.0282. The molecule has 0 bridgehead atoms. The standard InChI is InChI=1S/C9H9ClN4O2/c1-13-3-2-11-7(13)5-14-4-6(10)8(15)12-9(14)16/h2-4H,5H2,1H3,(H,12,15,16). The molecule has 2 aromatic heterocycles. The topological polar surface area (TPSA) is 72.7 Å². The monoisotopic (exact) mass is 240 g/mol. The maximum Gasteiger partial charge on any atom is 0.328 e. The van der Waals surface area contributed by atoms with E-state index < -0.39 is 11.2 Å². The fourth-order valence-electron chi connectivity index (χ4n) is 1.30. The number of hydrogen-bond donors (Lipinski definition) is 1. The van der Waals surface area contributed by atoms with E-state index in [1.807, 2.05) is 7.05 Å². The van der Waals surface area contributed by atoms with Crippen molar-refractivity contribution in [2.45, 2.75) is 6.54 Å². The maximum atomic E-state index is 11.4. The summed E-state index contributed by atoms with van der Waals surface area (Å²) >= 11 is 5.64. The van der Waals surface area contributed by atoms with Crippen molar-refractivity contribution >= 4 is 11.6 Å². The Morgan fingerprint density at radius 3 is 2.88 bits per heavy atom. The Balaban J connectivity index is 2.43. The third-order valence-electron chi connectivity index (χ3n) is 2.20. The van der Waals surface area contributed by atoms with Gasteiger partial charge in [-0.3, -0.25) is 14.3 Å². The van der Waals surface area contributed by atoms with E-state index in [-0.39, 0.29) is 11.6 Å². The molecule has 7 heteroatoms. The van der Waals surface area contributed by atoms with Crippen LogP contribution in [0.3, 0.4) is 0 Å². The maximum absolute atomic E-state index is 11.4. The zero-order chi connectivity index (χ0) is 11.7. The molecule has 0 unspecified atom stereocenters. The average molecular weight is 241 g/mol. The van der Waals surface area contributed by atoms with Crippen LogP contribution in [0.2, 0.25) is 5.02 Å². The van der Waals surface area contributed by atoms with E-state index in [9.17, 15) is 9.59 Å². The van der Waals surface area contributed by atoms with Crippen LogP contribution in [0.25, 0.3) is 0 Å². The summed E-state index contributed by atoms with van der Waals surface area (Å²) in [6, 6.07) is 0. The van der Waals surface area contributed by atoms with Crippen LogP contribution in [-0.2, 0) is 13.6 Å². The summed E-state index contributed by atoms with van der Waals surface area (Å²) in [5, 5.41) is -0.0196. The quantitative estimate of drug-likeness (QED) is 0.801. The highest BCUT2D eigenvalue weighted by atomic mass is 35.5. The molecule has 2 rings (SSSR count). The lowest BCUT2D eigenvalue weighted by Gasteiger charge is -2.04. The van der Waals surface area contributed by atoms with Gasteiger partial charge >= 0.3 is 5.69 Å². The van der Waals surface area contributed by atoms with Crippen molar-refractivity contribution < 1.29 is 0 Å². The summed E-state index contributed by atoms with van der Waals surface area (Å²) in [6.45, 7) is 0.263. The van der Waals surface area contributed by atoms with Gasteiger partial charge in [-0.2, -0.15) is 0 Å². The van der Waals surface area contributed by atoms with E-state index in [1.165, 1.54) is 10.8 Å². The van der Waals surface area contributed by atoms with Crippen molar-refractivity contribution in [1.29, 1.82) is 0 Å². The number of rotatable bonds is 2. The summed E-state index contributed by atoms with van der Waals surface area (Å²) in [5.74, 6) is 0.699. The molecule has 0 radical (unpaired) electrons. The van der Waals surface area contributed by atoms with Crippen molar-refractivity contribution in [1.82, 2.24) is 19.1 Å². The van der Waals surface area contributed by atoms with Gasteiger partial charge in [-0.1, -0.05) is 11.6 Å². The molecule has 0 spiro atoms. The minimum Gasteiger partial charge on any atom is -0.337 e. The highest BCUT2D eigenvalue weighted by Crippen LogP contribution is 2.00. The molecule has 1 N–H and O–H groups in total. The zero-order valence-corrected chi connectivity index (χ0v) is 9.23. The van der Waals surface area contributed by atoms with Crippen LogP contribution < -0.4 is 11.2 Å². The van der Waals surface area contributed by atoms with Gasteiger partial charge in [0, 0.05) is 25.6 Å². The lowest BCUT2D eigenvalue weighted by atomic mass is 10.5. The van der Waals surface area contributed by atoms with E-state index in [4.69, 9.17) is 11.6 Å². The second-order valence-corrected chi connectivity index (χ2v) is 3.73. The van der Waals surface area contributed by atoms with Crippen LogP contribution in [0.15, 0.2) is 28.2 Å². The molecular formula is C9H9ClN4O2. The highest BCUT2D eigenvalue weighted by Gasteiger charge is 2.05. The fourth-order valence-corrected chi connectivity index (χ4v) is 1.47. The summed E-state index contributed by atoms with van der Waals surface area (Å²) in [7, 11) is 1.82. The Hall–Kier alpha value is -1.82. The van der Waals surface area contributed by atoms with Gasteiger partial charge in [-0.15, -0.1) is 0 Å². The number of nitrogens with one attached hydrogen (secondary N) is 1. The van der Waals surface area contributed by atoms with Crippen LogP contribution in [-0.4, -0.2) is 19.1 Å². The molecule has 16 heavy (non-hydrogen) atoms. The SMILES string of the molecule is Cn1ccnc1Cn1cc(Cl)c(=O)[nH]c1=O. The number of halogens is 1. The van der Waals surface area contributed by atoms with Crippen molar-refractivity contribution in [3.63, 3.8) is 0 Å². The number of nitrogens with zero attached hydrogens (tertiary/aromatic N) is 3. The molecule has 0 saturated heterocycles. The van der Waals surface area contributed by atoms with Gasteiger partial charge in [-0.25, -0.2) is 9.78 Å². The molecule has 0 amide bonds. The number of aromatic amines is 1. The van der Waals surface area contributed by atoms with E-state index in [1.54, 1.807) is 17.0 Å². The van der Waals surface area contributed by atoms with E-state index in [2.05, 4.69) is 9.97 Å². The number of hydrogen-bond acceptors (Lipinski definition) is 3. The fraction of sp³-hybridized carbons (Fsp3) is 0.222. The second kappa shape index (κ2) is 3.97. The molecule has 6 nitrogen and oxygen atoms in total. The van der Waals surface area contributed by atoms with E-state index in [0.717, 1.165) is 0 Å². The Labute approximate surface area is 95.1 Å². The van der Waals surface area contributed by atoms with Crippen LogP contribution >= 0.6 is 11.6 Å². The summed E-state index contributed by atoms with van der Waals surface area (Å²) < 4.78 is 3.08. The van der Waals surface area contributed by atoms with Gasteiger partial charge < -0.3 is 4.57 Å². The first kappa shape index (κ1) is 10.7. The Kier molecular flexibility index (Phi) is 2.66. The van der Waals surface area contributed by atoms with Crippen molar-refractivity contribution in [3.05, 3.63) is 50.3 Å². The average Bonchev–Trinajstić information content (AvgIpc) is 2.61. The third-order valence-corrected chi connectivity index (χ3v) is 2.47. The summed E-state index contributed by atoms with van der Waals surface area (Å²) in [6.07, 6.45) is 4.71. The minimum atomic E-state index is -0.581. The first-order chi connectivity index (χ1) is 7.58. The summed E-state index contributed by atoms with van der Waals surface area (Å²) in [4.78, 5) is 28.7. The van der Waals surface area contributed by atoms with E-state index in [0.29, 0.717) is 5.82 Å². The molecule has 0 fully saturated rings. The normalized spacial score (nSPS) is 10.6. The number of aromatic nitrogens is 4. The first-order valence-electron chi connectivity index (χ1n) is 4.53. The number of H-pyrrole nitrogens is 1. The lowest BCUT2D eigenvalue weighted by molar-refractivity contribution is 0.658. The molecule has 0 atom stereocenters. The second-order valence-electron chi connectivity index (χ2n) is 3.32. The van der Waals surface area contributed by atoms with Crippen LogP contribution in [0.4, 0.5) is 0 Å². The highest BCUT2D eigenvalue weighted by molar-refractivity contribution is 6.30. The molecular weight excluding hydrogens is 232 g/mol. The van der Waals surface area contributed by atoms with Gasteiger partial charge in [0.15, 0.2) is 0 Å². The molecule has 84 valence electrons. The summed E-state index contributed by atoms with van der Waals surface area (Å²) in [5.41, 5.74) is -1.08. The van der Waals surface area contributed by atoms with Crippen molar-refractivity contribution in [2.24, 2.45) is 7.05 Å². The van der Waals surface area contributed by atoms with Gasteiger partial charge in [0.05, 0.1) is 6.54 Å². The largest absolute Gasteiger partial charge is 0.337 e. The van der Waals surface area contributed by atoms with Crippen LogP contribution in [0, 0.1) is 0 Å². The Morgan fingerprint density at radius 2 is 2.25 bits per heavy atom. The third kappa shape index (κ3) is 1.92. The van der Waals surface area contributed by atoms with Crippen LogP contribution in [0.1, 0.15) is 5.82 Å². The minimum absolute atomic E-state index is 0.0196. The molecule has 0 aliphatic heterocycles. The smallest absolute Gasteiger partial charge is 0.328 e. The molecule has 0 aromatic carbocycles. The van der Waals surface area contributed by atoms with Crippen molar-refractivity contribution in [3.8, 4) is 0 Å². The van der Waals surface area contributed by atoms with E-state index >= 15 is 0 Å². The van der Waals surface area contributed by atoms with Gasteiger partial charge in [0.2, 0.25) is 0 Å². The van der Waals surface area contributed by atoms with Gasteiger partial charge in [-0.05, 0) is 0 Å². The van der Waals surface area contributed by atoms with Gasteiger partial charge in [0.1, 0.15) is 10.8 Å². The Bertz CT molecular complexity index is 625. The first-order valence-corrected chi connectivity index (χ1v) is 4.91. The molecule has 2 heterocycles. The van der Waals surface area contributed by atoms with Gasteiger partial charge in [0.25, 0.3) is 5.56 Å².